The highest BCUT2D eigenvalue weighted by Crippen LogP contribution is 2.20. The number of para-hydroxylation sites is 1. The number of nitrogens with zero attached hydrogens (tertiary/aromatic N) is 1. The van der Waals surface area contributed by atoms with Crippen LogP contribution in [0.2, 0.25) is 0 Å². The van der Waals surface area contributed by atoms with Crippen LogP contribution in [0, 0.1) is 6.92 Å². The number of oxazole rings is 1. The van der Waals surface area contributed by atoms with E-state index in [1.807, 2.05) is 0 Å². The number of rotatable bonds is 4. The Bertz CT molecular complexity index is 787. The van der Waals surface area contributed by atoms with E-state index >= 15 is 0 Å². The second-order valence-corrected chi connectivity index (χ2v) is 5.05. The third-order valence-electron chi connectivity index (χ3n) is 3.44. The van der Waals surface area contributed by atoms with Crippen molar-refractivity contribution in [1.82, 2.24) is 4.98 Å². The number of aromatic carboxylic acids is 1. The molecule has 4 heteroatoms. The van der Waals surface area contributed by atoms with E-state index in [1.54, 1.807) is 12.1 Å². The van der Waals surface area contributed by atoms with Crippen molar-refractivity contribution < 1.29 is 14.3 Å². The van der Waals surface area contributed by atoms with Gasteiger partial charge in [0.2, 0.25) is 0 Å². The molecule has 4 nitrogen and oxygen atoms in total. The highest BCUT2D eigenvalue weighted by atomic mass is 16.4. The highest BCUT2D eigenvalue weighted by Gasteiger charge is 2.14. The zero-order valence-corrected chi connectivity index (χ0v) is 11.7. The minimum absolute atomic E-state index is 0.179. The second kappa shape index (κ2) is 5.40. The van der Waals surface area contributed by atoms with Crippen molar-refractivity contribution in [3.05, 3.63) is 65.0 Å². The summed E-state index contributed by atoms with van der Waals surface area (Å²) in [4.78, 5) is 15.5. The number of hydrogen-bond acceptors (Lipinski definition) is 3. The monoisotopic (exact) mass is 281 g/mol. The summed E-state index contributed by atoms with van der Waals surface area (Å²) >= 11 is 0. The van der Waals surface area contributed by atoms with Crippen LogP contribution in [0.3, 0.4) is 0 Å². The number of carbonyl (C=O) groups is 1. The molecule has 106 valence electrons. The summed E-state index contributed by atoms with van der Waals surface area (Å²) in [6.45, 7) is 2.05. The van der Waals surface area contributed by atoms with E-state index in [0.717, 1.165) is 6.42 Å². The maximum absolute atomic E-state index is 11.2. The molecule has 0 aliphatic carbocycles. The van der Waals surface area contributed by atoms with Crippen LogP contribution in [0.5, 0.6) is 0 Å². The standard InChI is InChI=1S/C17H15NO3/c1-11-5-7-12(8-6-11)9-10-15-18-16-13(17(19)20)3-2-4-14(16)21-15/h2-8H,9-10H2,1H3,(H,19,20). The number of benzene rings is 2. The van der Waals surface area contributed by atoms with Crippen molar-refractivity contribution in [2.24, 2.45) is 0 Å². The minimum Gasteiger partial charge on any atom is -0.478 e. The first-order chi connectivity index (χ1) is 10.1. The van der Waals surface area contributed by atoms with Gasteiger partial charge in [-0.3, -0.25) is 0 Å². The second-order valence-electron chi connectivity index (χ2n) is 5.05. The lowest BCUT2D eigenvalue weighted by atomic mass is 10.1. The summed E-state index contributed by atoms with van der Waals surface area (Å²) in [5.41, 5.74) is 3.56. The summed E-state index contributed by atoms with van der Waals surface area (Å²) in [7, 11) is 0. The van der Waals surface area contributed by atoms with Crippen LogP contribution in [0.1, 0.15) is 27.4 Å². The molecule has 0 saturated heterocycles. The quantitative estimate of drug-likeness (QED) is 0.793. The molecular formula is C17H15NO3. The molecule has 1 N–H and O–H groups in total. The van der Waals surface area contributed by atoms with Crippen molar-refractivity contribution in [1.29, 1.82) is 0 Å². The molecule has 2 aromatic carbocycles. The smallest absolute Gasteiger partial charge is 0.338 e. The molecule has 0 aliphatic heterocycles. The fourth-order valence-corrected chi connectivity index (χ4v) is 2.28. The molecule has 0 radical (unpaired) electrons. The SMILES string of the molecule is Cc1ccc(CCc2nc3c(C(=O)O)cccc3o2)cc1. The molecule has 21 heavy (non-hydrogen) atoms. The van der Waals surface area contributed by atoms with Gasteiger partial charge in [-0.25, -0.2) is 9.78 Å². The van der Waals surface area contributed by atoms with Crippen LogP contribution in [-0.2, 0) is 12.8 Å². The third kappa shape index (κ3) is 2.79. The van der Waals surface area contributed by atoms with Gasteiger partial charge in [-0.2, -0.15) is 0 Å². The van der Waals surface area contributed by atoms with E-state index in [4.69, 9.17) is 9.52 Å². The molecule has 0 atom stereocenters. The summed E-state index contributed by atoms with van der Waals surface area (Å²) in [6.07, 6.45) is 1.46. The topological polar surface area (TPSA) is 63.3 Å². The van der Waals surface area contributed by atoms with Gasteiger partial charge in [0.15, 0.2) is 11.5 Å². The molecule has 0 fully saturated rings. The van der Waals surface area contributed by atoms with Crippen LogP contribution in [0.4, 0.5) is 0 Å². The first-order valence-corrected chi connectivity index (χ1v) is 6.81. The predicted octanol–water partition coefficient (Wildman–Crippen LogP) is 3.62. The fraction of sp³-hybridized carbons (Fsp3) is 0.176. The van der Waals surface area contributed by atoms with Crippen LogP contribution in [-0.4, -0.2) is 16.1 Å². The molecule has 0 amide bonds. The van der Waals surface area contributed by atoms with Gasteiger partial charge in [-0.1, -0.05) is 35.9 Å². The molecule has 0 bridgehead atoms. The average Bonchev–Trinajstić information content (AvgIpc) is 2.89. The summed E-state index contributed by atoms with van der Waals surface area (Å²) in [5.74, 6) is -0.418. The van der Waals surface area contributed by atoms with Crippen LogP contribution in [0.15, 0.2) is 46.9 Å². The summed E-state index contributed by atoms with van der Waals surface area (Å²) in [5, 5.41) is 9.14. The molecule has 0 unspecified atom stereocenters. The van der Waals surface area contributed by atoms with Crippen LogP contribution >= 0.6 is 0 Å². The van der Waals surface area contributed by atoms with Crippen LogP contribution < -0.4 is 0 Å². The average molecular weight is 281 g/mol. The van der Waals surface area contributed by atoms with E-state index in [9.17, 15) is 4.79 Å². The Morgan fingerprint density at radius 2 is 1.90 bits per heavy atom. The van der Waals surface area contributed by atoms with E-state index < -0.39 is 5.97 Å². The lowest BCUT2D eigenvalue weighted by Gasteiger charge is -1.99. The largest absolute Gasteiger partial charge is 0.478 e. The number of aromatic nitrogens is 1. The zero-order valence-electron chi connectivity index (χ0n) is 11.7. The van der Waals surface area contributed by atoms with E-state index in [0.29, 0.717) is 23.4 Å². The van der Waals surface area contributed by atoms with Crippen LogP contribution in [0.25, 0.3) is 11.1 Å². The summed E-state index contributed by atoms with van der Waals surface area (Å²) < 4.78 is 5.63. The van der Waals surface area contributed by atoms with E-state index in [-0.39, 0.29) is 5.56 Å². The Balaban J connectivity index is 1.83. The van der Waals surface area contributed by atoms with Gasteiger partial charge in [0.1, 0.15) is 5.52 Å². The van der Waals surface area contributed by atoms with Crippen molar-refractivity contribution in [2.75, 3.05) is 0 Å². The lowest BCUT2D eigenvalue weighted by molar-refractivity contribution is 0.0699. The maximum atomic E-state index is 11.2. The lowest BCUT2D eigenvalue weighted by Crippen LogP contribution is -1.97. The first kappa shape index (κ1) is 13.4. The molecule has 0 aliphatic rings. The number of carboxylic acids is 1. The Morgan fingerprint density at radius 3 is 2.62 bits per heavy atom. The highest BCUT2D eigenvalue weighted by molar-refractivity contribution is 6.00. The minimum atomic E-state index is -0.987. The van der Waals surface area contributed by atoms with E-state index in [2.05, 4.69) is 36.2 Å². The van der Waals surface area contributed by atoms with Gasteiger partial charge in [-0.15, -0.1) is 0 Å². The summed E-state index contributed by atoms with van der Waals surface area (Å²) in [6, 6.07) is 13.3. The molecule has 0 saturated carbocycles. The molecule has 3 aromatic rings. The van der Waals surface area contributed by atoms with Gasteiger partial charge in [-0.05, 0) is 31.0 Å². The Hall–Kier alpha value is -2.62. The molecule has 3 rings (SSSR count). The Morgan fingerprint density at radius 1 is 1.14 bits per heavy atom. The van der Waals surface area contributed by atoms with Gasteiger partial charge >= 0.3 is 5.97 Å². The Labute approximate surface area is 122 Å². The van der Waals surface area contributed by atoms with Crippen molar-refractivity contribution in [3.8, 4) is 0 Å². The number of fused-ring (bicyclic) bond motifs is 1. The normalized spacial score (nSPS) is 10.9. The maximum Gasteiger partial charge on any atom is 0.338 e. The third-order valence-corrected chi connectivity index (χ3v) is 3.44. The molecule has 1 aromatic heterocycles. The van der Waals surface area contributed by atoms with Gasteiger partial charge in [0.25, 0.3) is 0 Å². The van der Waals surface area contributed by atoms with Gasteiger partial charge in [0.05, 0.1) is 5.56 Å². The van der Waals surface area contributed by atoms with E-state index in [1.165, 1.54) is 17.2 Å². The first-order valence-electron chi connectivity index (χ1n) is 6.81. The van der Waals surface area contributed by atoms with Gasteiger partial charge in [0, 0.05) is 6.42 Å². The zero-order chi connectivity index (χ0) is 14.8. The Kier molecular flexibility index (Phi) is 3.44. The number of aryl methyl sites for hydroxylation is 3. The predicted molar refractivity (Wildman–Crippen MR) is 79.6 cm³/mol. The van der Waals surface area contributed by atoms with Crippen molar-refractivity contribution >= 4 is 17.1 Å². The number of hydrogen-bond donors (Lipinski definition) is 1. The number of carboxylic acid groups (broad SMARTS) is 1. The van der Waals surface area contributed by atoms with Crippen molar-refractivity contribution in [2.45, 2.75) is 19.8 Å². The molecule has 0 spiro atoms. The van der Waals surface area contributed by atoms with Gasteiger partial charge < -0.3 is 9.52 Å². The van der Waals surface area contributed by atoms with Crippen molar-refractivity contribution in [3.63, 3.8) is 0 Å². The molecule has 1 heterocycles. The fourth-order valence-electron chi connectivity index (χ4n) is 2.28. The molecular weight excluding hydrogens is 266 g/mol.